The van der Waals surface area contributed by atoms with Crippen molar-refractivity contribution in [1.29, 1.82) is 0 Å². The fraction of sp³-hybridized carbons (Fsp3) is 0.714. The van der Waals surface area contributed by atoms with Gasteiger partial charge in [0, 0.05) is 0 Å². The highest BCUT2D eigenvalue weighted by molar-refractivity contribution is 8.25. The Labute approximate surface area is 316 Å². The fourth-order valence-corrected chi connectivity index (χ4v) is 23.2. The molecule has 0 radical (unpaired) electrons. The molecule has 0 aliphatic heterocycles. The molecule has 0 N–H and O–H groups in total. The van der Waals surface area contributed by atoms with Crippen molar-refractivity contribution < 1.29 is 137 Å². The van der Waals surface area contributed by atoms with Crippen molar-refractivity contribution in [3.05, 3.63) is 24.7 Å². The van der Waals surface area contributed by atoms with Crippen LogP contribution < -0.4 is 0 Å². The second-order valence-electron chi connectivity index (χ2n) is 9.67. The van der Waals surface area contributed by atoms with Crippen molar-refractivity contribution in [2.75, 3.05) is 0 Å². The zero-order valence-electron chi connectivity index (χ0n) is 26.2. The van der Waals surface area contributed by atoms with Crippen LogP contribution in [0.4, 0.5) is 38.9 Å². The van der Waals surface area contributed by atoms with Crippen LogP contribution in [-0.4, -0.2) is 112 Å². The van der Waals surface area contributed by atoms with E-state index in [0.717, 1.165) is 0 Å². The molecular weight excluding hydrogens is 1050 g/mol. The van der Waals surface area contributed by atoms with Gasteiger partial charge in [-0.05, 0) is 12.8 Å². The second-order valence-corrected chi connectivity index (χ2v) is 26.5. The summed E-state index contributed by atoms with van der Waals surface area (Å²) >= 11 is 0. The van der Waals surface area contributed by atoms with Gasteiger partial charge < -0.3 is 14.2 Å². The molecular formula is C14H16F10O23S10. The van der Waals surface area contributed by atoms with Crippen molar-refractivity contribution in [3.63, 3.8) is 0 Å². The standard InChI is InChI=1S/C14H16F10O23S10/c1-5-9(46-11(48(15,25)26,49(16,27)28)13(52(19,33)34,53(20,35)36)54(21,37)38)7(3)45-8(4)10(6-2)47-12(50(17,29)30,51(18,31)32)14(55(22,39)40,56(23,41)42)57(24,43)44/h9-10H,3-6H2,1-2H3. The molecule has 57 heavy (non-hydrogen) atoms. The minimum Gasteiger partial charge on any atom is -0.462 e. The van der Waals surface area contributed by atoms with Crippen molar-refractivity contribution in [3.8, 4) is 0 Å². The third-order valence-corrected chi connectivity index (χ3v) is 27.1. The van der Waals surface area contributed by atoms with Gasteiger partial charge in [0.15, 0.2) is 0 Å². The van der Waals surface area contributed by atoms with Crippen LogP contribution in [0.15, 0.2) is 24.7 Å². The van der Waals surface area contributed by atoms with E-state index in [2.05, 4.69) is 27.4 Å². The van der Waals surface area contributed by atoms with E-state index in [9.17, 15) is 123 Å². The molecule has 0 amide bonds. The lowest BCUT2D eigenvalue weighted by Gasteiger charge is -2.38. The number of hydrogen-bond acceptors (Lipinski definition) is 23. The smallest absolute Gasteiger partial charge is 0.420 e. The van der Waals surface area contributed by atoms with Crippen molar-refractivity contribution >= 4 is 102 Å². The minimum absolute atomic E-state index is 0.255. The Hall–Kier alpha value is -2.00. The number of rotatable bonds is 22. The van der Waals surface area contributed by atoms with Crippen molar-refractivity contribution in [2.24, 2.45) is 0 Å². The largest absolute Gasteiger partial charge is 0.462 e. The molecule has 0 aliphatic rings. The van der Waals surface area contributed by atoms with Gasteiger partial charge in [0.25, 0.3) is 0 Å². The summed E-state index contributed by atoms with van der Waals surface area (Å²) in [5.74, 6) is -4.56. The Morgan fingerprint density at radius 3 is 0.649 bits per heavy atom. The summed E-state index contributed by atoms with van der Waals surface area (Å²) in [6, 6.07) is 0. The van der Waals surface area contributed by atoms with E-state index in [0.29, 0.717) is 0 Å². The van der Waals surface area contributed by atoms with E-state index in [1.165, 1.54) is 0 Å². The Morgan fingerprint density at radius 1 is 0.386 bits per heavy atom. The van der Waals surface area contributed by atoms with Crippen molar-refractivity contribution in [2.45, 2.75) is 54.2 Å². The molecule has 0 saturated carbocycles. The lowest BCUT2D eigenvalue weighted by molar-refractivity contribution is -0.0302. The van der Waals surface area contributed by atoms with Gasteiger partial charge >= 0.3 is 118 Å². The predicted molar refractivity (Wildman–Crippen MR) is 161 cm³/mol. The van der Waals surface area contributed by atoms with Crippen LogP contribution in [-0.2, 0) is 116 Å². The number of ether oxygens (including phenoxy) is 3. The van der Waals surface area contributed by atoms with Gasteiger partial charge in [0.2, 0.25) is 0 Å². The minimum atomic E-state index is -8.91. The van der Waals surface area contributed by atoms with Gasteiger partial charge in [-0.1, -0.05) is 27.0 Å². The van der Waals surface area contributed by atoms with E-state index >= 15 is 0 Å². The van der Waals surface area contributed by atoms with E-state index in [-0.39, 0.29) is 13.8 Å². The summed E-state index contributed by atoms with van der Waals surface area (Å²) in [5, 5.41) is 0. The highest BCUT2D eigenvalue weighted by Gasteiger charge is 2.93. The maximum Gasteiger partial charge on any atom is 0.420 e. The zero-order chi connectivity index (χ0) is 46.8. The molecule has 0 aromatic heterocycles. The maximum absolute atomic E-state index is 14.7. The Bertz CT molecular complexity index is 2420. The van der Waals surface area contributed by atoms with E-state index in [4.69, 9.17) is 0 Å². The van der Waals surface area contributed by atoms with E-state index in [1.54, 1.807) is 0 Å². The van der Waals surface area contributed by atoms with Crippen LogP contribution in [0, 0.1) is 0 Å². The maximum atomic E-state index is 14.7. The molecule has 0 aliphatic carbocycles. The summed E-state index contributed by atoms with van der Waals surface area (Å²) in [6.07, 6.45) is -11.2. The third-order valence-electron chi connectivity index (χ3n) is 6.28. The predicted octanol–water partition coefficient (Wildman–Crippen LogP) is -0.771. The first kappa shape index (κ1) is 55.0. The van der Waals surface area contributed by atoms with Gasteiger partial charge in [-0.25, -0.2) is 0 Å². The van der Waals surface area contributed by atoms with Crippen LogP contribution in [0.2, 0.25) is 0 Å². The molecule has 2 atom stereocenters. The van der Waals surface area contributed by atoms with Gasteiger partial charge in [0.1, 0.15) is 23.7 Å². The molecule has 0 spiro atoms. The quantitative estimate of drug-likeness (QED) is 0.0730. The fourth-order valence-electron chi connectivity index (χ4n) is 4.25. The number of hydrogen-bond donors (Lipinski definition) is 0. The SMILES string of the molecule is C=C(OC(=C)C(CC)OC(C(S(=O)(=O)F)(S(=O)(=O)F)S(=O)(=O)F)(S(=O)(=O)F)S(=O)(=O)F)C(CC)OC(C(S(=O)(=O)F)(S(=O)(=O)F)S(=O)(=O)F)(S(=O)(=O)F)S(=O)(=O)F. The molecule has 2 unspecified atom stereocenters. The third kappa shape index (κ3) is 8.38. The average Bonchev–Trinajstić information content (AvgIpc) is 2.85. The summed E-state index contributed by atoms with van der Waals surface area (Å²) in [5.41, 5.74) is 0. The lowest BCUT2D eigenvalue weighted by Crippen LogP contribution is -2.72. The molecule has 0 saturated heterocycles. The molecule has 340 valence electrons. The Balaban J connectivity index is 8.52. The Morgan fingerprint density at radius 2 is 0.544 bits per heavy atom. The first-order chi connectivity index (χ1) is 24.4. The molecule has 23 nitrogen and oxygen atoms in total. The van der Waals surface area contributed by atoms with Gasteiger partial charge in [0.05, 0.1) is 0 Å². The lowest BCUT2D eigenvalue weighted by atomic mass is 10.2. The van der Waals surface area contributed by atoms with E-state index in [1.807, 2.05) is 0 Å². The highest BCUT2D eigenvalue weighted by Crippen LogP contribution is 2.56. The second kappa shape index (κ2) is 15.5. The van der Waals surface area contributed by atoms with Gasteiger partial charge in [-0.3, -0.25) is 0 Å². The average molecular weight is 1060 g/mol. The molecule has 0 heterocycles. The molecule has 0 rings (SSSR count). The molecule has 0 bridgehead atoms. The first-order valence-corrected chi connectivity index (χ1v) is 26.1. The summed E-state index contributed by atoms with van der Waals surface area (Å²) in [7, 11) is -88.5. The van der Waals surface area contributed by atoms with Gasteiger partial charge in [-0.2, -0.15) is 84.2 Å². The molecule has 0 aromatic rings. The van der Waals surface area contributed by atoms with Crippen molar-refractivity contribution in [1.82, 2.24) is 0 Å². The summed E-state index contributed by atoms with van der Waals surface area (Å²) in [6.45, 7) is 5.47. The van der Waals surface area contributed by atoms with Crippen LogP contribution in [0.1, 0.15) is 26.7 Å². The topological polar surface area (TPSA) is 369 Å². The molecule has 43 heteroatoms. The summed E-state index contributed by atoms with van der Waals surface area (Å²) in [4.78, 5) is 0. The van der Waals surface area contributed by atoms with Crippen LogP contribution in [0.5, 0.6) is 0 Å². The monoisotopic (exact) mass is 1060 g/mol. The molecule has 0 aromatic carbocycles. The highest BCUT2D eigenvalue weighted by atomic mass is 32.4. The summed E-state index contributed by atoms with van der Waals surface area (Å²) < 4.78 is 362. The van der Waals surface area contributed by atoms with E-state index < -0.39 is 154 Å². The van der Waals surface area contributed by atoms with Crippen LogP contribution >= 0.6 is 0 Å². The molecule has 0 fully saturated rings. The number of halogens is 10. The Kier molecular flexibility index (Phi) is 14.9. The first-order valence-electron chi connectivity index (χ1n) is 12.2. The zero-order valence-corrected chi connectivity index (χ0v) is 34.4. The normalized spacial score (nSPS) is 16.7. The van der Waals surface area contributed by atoms with Crippen LogP contribution in [0.3, 0.4) is 0 Å². The van der Waals surface area contributed by atoms with Crippen LogP contribution in [0.25, 0.3) is 0 Å². The van der Waals surface area contributed by atoms with Gasteiger partial charge in [-0.15, -0.1) is 38.9 Å².